The Bertz CT molecular complexity index is 893. The van der Waals surface area contributed by atoms with Crippen LogP contribution in [-0.4, -0.2) is 53.0 Å². The molecule has 0 radical (unpaired) electrons. The predicted molar refractivity (Wildman–Crippen MR) is 104 cm³/mol. The predicted octanol–water partition coefficient (Wildman–Crippen LogP) is 0.188. The van der Waals surface area contributed by atoms with Gasteiger partial charge in [-0.1, -0.05) is 12.1 Å². The van der Waals surface area contributed by atoms with Crippen molar-refractivity contribution in [2.45, 2.75) is 62.4 Å². The molecule has 29 heavy (non-hydrogen) atoms. The number of nitrogens with one attached hydrogen (secondary N) is 2. The number of amides is 3. The van der Waals surface area contributed by atoms with Crippen molar-refractivity contribution in [3.63, 3.8) is 0 Å². The number of imide groups is 1. The smallest absolute Gasteiger partial charge is 0.255 e. The lowest BCUT2D eigenvalue weighted by Gasteiger charge is -2.60. The number of fused-ring (bicyclic) bond motifs is 3. The van der Waals surface area contributed by atoms with Crippen LogP contribution in [0.1, 0.15) is 53.6 Å². The third-order valence-corrected chi connectivity index (χ3v) is 7.01. The van der Waals surface area contributed by atoms with Gasteiger partial charge in [0.2, 0.25) is 11.8 Å². The average Bonchev–Trinajstić information content (AvgIpc) is 3.03. The molecule has 6 rings (SSSR count). The number of carbonyl (C=O) groups is 3. The fourth-order valence-electron chi connectivity index (χ4n) is 5.44. The Morgan fingerprint density at radius 1 is 1.28 bits per heavy atom. The molecular weight excluding hydrogens is 372 g/mol. The van der Waals surface area contributed by atoms with Crippen LogP contribution in [0.15, 0.2) is 18.2 Å². The second-order valence-corrected chi connectivity index (χ2v) is 8.82. The number of ether oxygens (including phenoxy) is 1. The molecule has 1 aromatic carbocycles. The van der Waals surface area contributed by atoms with Gasteiger partial charge in [0.15, 0.2) is 0 Å². The van der Waals surface area contributed by atoms with E-state index >= 15 is 0 Å². The van der Waals surface area contributed by atoms with Crippen LogP contribution in [0.25, 0.3) is 0 Å². The normalized spacial score (nSPS) is 33.3. The summed E-state index contributed by atoms with van der Waals surface area (Å²) in [5, 5.41) is 6.05. The molecule has 8 nitrogen and oxygen atoms in total. The van der Waals surface area contributed by atoms with E-state index in [0.717, 1.165) is 37.0 Å². The number of hydrogen-bond acceptors (Lipinski definition) is 6. The summed E-state index contributed by atoms with van der Waals surface area (Å²) < 4.78 is 5.87. The molecule has 1 aromatic rings. The molecule has 1 saturated carbocycles. The van der Waals surface area contributed by atoms with Crippen molar-refractivity contribution >= 4 is 17.7 Å². The topological polar surface area (TPSA) is 114 Å². The first-order chi connectivity index (χ1) is 13.9. The number of nitrogens with two attached hydrogens (primary N) is 1. The quantitative estimate of drug-likeness (QED) is 0.610. The van der Waals surface area contributed by atoms with Gasteiger partial charge in [0.1, 0.15) is 6.04 Å². The van der Waals surface area contributed by atoms with Gasteiger partial charge in [0.25, 0.3) is 5.91 Å². The largest absolute Gasteiger partial charge is 0.373 e. The Morgan fingerprint density at radius 3 is 2.86 bits per heavy atom. The maximum Gasteiger partial charge on any atom is 0.255 e. The lowest BCUT2D eigenvalue weighted by Crippen LogP contribution is -2.71. The molecule has 2 bridgehead atoms. The van der Waals surface area contributed by atoms with Gasteiger partial charge in [0.05, 0.1) is 5.60 Å². The summed E-state index contributed by atoms with van der Waals surface area (Å²) in [5.41, 5.74) is 8.50. The molecule has 1 atom stereocenters. The van der Waals surface area contributed by atoms with Crippen LogP contribution in [0, 0.1) is 0 Å². The van der Waals surface area contributed by atoms with Gasteiger partial charge in [-0.2, -0.15) is 0 Å². The van der Waals surface area contributed by atoms with Crippen molar-refractivity contribution in [1.29, 1.82) is 0 Å². The lowest BCUT2D eigenvalue weighted by atomic mass is 9.61. The molecule has 1 unspecified atom stereocenters. The van der Waals surface area contributed by atoms with Crippen LogP contribution >= 0.6 is 0 Å². The molecule has 4 heterocycles. The Hall–Kier alpha value is -2.29. The second kappa shape index (κ2) is 6.62. The minimum atomic E-state index is -0.584. The highest BCUT2D eigenvalue weighted by Gasteiger charge is 2.57. The zero-order valence-corrected chi connectivity index (χ0v) is 16.3. The minimum Gasteiger partial charge on any atom is -0.373 e. The molecular formula is C21H26N4O4. The third kappa shape index (κ3) is 2.97. The zero-order valence-electron chi connectivity index (χ0n) is 16.3. The monoisotopic (exact) mass is 398 g/mol. The summed E-state index contributed by atoms with van der Waals surface area (Å²) in [7, 11) is 0. The van der Waals surface area contributed by atoms with E-state index in [1.807, 2.05) is 18.2 Å². The number of piperidine rings is 1. The van der Waals surface area contributed by atoms with Crippen LogP contribution in [0.3, 0.4) is 0 Å². The Labute approximate surface area is 169 Å². The molecule has 0 aromatic heterocycles. The molecule has 5 aliphatic rings. The summed E-state index contributed by atoms with van der Waals surface area (Å²) in [6, 6.07) is 5.17. The first kappa shape index (κ1) is 18.7. The standard InChI is InChI=1S/C21H26N4O4/c22-12-21-10-20(11-21,6-7-29-21)23-8-13-2-1-3-14-15(13)9-25(19(14)28)16-4-5-17(26)24-18(16)27/h1-3,16,23H,4-12,22H2,(H,24,26,27). The maximum absolute atomic E-state index is 12.9. The van der Waals surface area contributed by atoms with Gasteiger partial charge in [-0.05, 0) is 42.9 Å². The Morgan fingerprint density at radius 2 is 2.10 bits per heavy atom. The maximum atomic E-state index is 12.9. The van der Waals surface area contributed by atoms with Crippen LogP contribution in [-0.2, 0) is 27.4 Å². The number of nitrogens with zero attached hydrogens (tertiary/aromatic N) is 1. The molecule has 3 saturated heterocycles. The zero-order chi connectivity index (χ0) is 20.2. The minimum absolute atomic E-state index is 0.0618. The summed E-state index contributed by atoms with van der Waals surface area (Å²) in [5.74, 6) is -0.785. The SMILES string of the molecule is NCC12CC(NCc3cccc4c3CN(C3CCC(=O)NC3=O)C4=O)(CCO1)C2. The van der Waals surface area contributed by atoms with E-state index in [-0.39, 0.29) is 35.3 Å². The highest BCUT2D eigenvalue weighted by atomic mass is 16.5. The number of rotatable bonds is 5. The first-order valence-electron chi connectivity index (χ1n) is 10.3. The first-order valence-corrected chi connectivity index (χ1v) is 10.3. The lowest BCUT2D eigenvalue weighted by molar-refractivity contribution is -0.192. The molecule has 3 amide bonds. The van der Waals surface area contributed by atoms with Crippen LogP contribution in [0.4, 0.5) is 0 Å². The van der Waals surface area contributed by atoms with Crippen molar-refractivity contribution in [3.8, 4) is 0 Å². The molecule has 154 valence electrons. The molecule has 0 spiro atoms. The van der Waals surface area contributed by atoms with E-state index in [4.69, 9.17) is 10.5 Å². The molecule has 4 fully saturated rings. The highest BCUT2D eigenvalue weighted by Crippen LogP contribution is 2.49. The molecule has 8 heteroatoms. The number of hydrogen-bond donors (Lipinski definition) is 3. The fraction of sp³-hybridized carbons (Fsp3) is 0.571. The number of benzene rings is 1. The fourth-order valence-corrected chi connectivity index (χ4v) is 5.44. The summed E-state index contributed by atoms with van der Waals surface area (Å²) in [6.07, 6.45) is 3.45. The van der Waals surface area contributed by atoms with E-state index in [2.05, 4.69) is 10.6 Å². The van der Waals surface area contributed by atoms with Gasteiger partial charge in [-0.15, -0.1) is 0 Å². The van der Waals surface area contributed by atoms with Crippen LogP contribution < -0.4 is 16.4 Å². The molecule has 4 aliphatic heterocycles. The van der Waals surface area contributed by atoms with E-state index < -0.39 is 6.04 Å². The van der Waals surface area contributed by atoms with E-state index in [0.29, 0.717) is 31.6 Å². The van der Waals surface area contributed by atoms with E-state index in [1.54, 1.807) is 4.90 Å². The molecule has 1 aliphatic carbocycles. The number of carbonyl (C=O) groups excluding carboxylic acids is 3. The summed E-state index contributed by atoms with van der Waals surface area (Å²) >= 11 is 0. The van der Waals surface area contributed by atoms with Crippen LogP contribution in [0.2, 0.25) is 0 Å². The van der Waals surface area contributed by atoms with Gasteiger partial charge < -0.3 is 20.7 Å². The molecule has 4 N–H and O–H groups in total. The second-order valence-electron chi connectivity index (χ2n) is 8.82. The third-order valence-electron chi connectivity index (χ3n) is 7.01. The van der Waals surface area contributed by atoms with Gasteiger partial charge in [0, 0.05) is 43.8 Å². The van der Waals surface area contributed by atoms with Gasteiger partial charge in [-0.3, -0.25) is 19.7 Å². The van der Waals surface area contributed by atoms with E-state index in [9.17, 15) is 14.4 Å². The highest BCUT2D eigenvalue weighted by molar-refractivity contribution is 6.05. The van der Waals surface area contributed by atoms with Gasteiger partial charge in [-0.25, -0.2) is 0 Å². The van der Waals surface area contributed by atoms with Crippen molar-refractivity contribution in [2.24, 2.45) is 5.73 Å². The Kier molecular flexibility index (Phi) is 4.27. The van der Waals surface area contributed by atoms with Crippen molar-refractivity contribution < 1.29 is 19.1 Å². The summed E-state index contributed by atoms with van der Waals surface area (Å²) in [4.78, 5) is 38.2. The van der Waals surface area contributed by atoms with Gasteiger partial charge >= 0.3 is 0 Å². The van der Waals surface area contributed by atoms with Crippen LogP contribution in [0.5, 0.6) is 0 Å². The average molecular weight is 398 g/mol. The van der Waals surface area contributed by atoms with Crippen molar-refractivity contribution in [1.82, 2.24) is 15.5 Å². The van der Waals surface area contributed by atoms with Crippen molar-refractivity contribution in [3.05, 3.63) is 34.9 Å². The summed E-state index contributed by atoms with van der Waals surface area (Å²) in [6.45, 7) is 2.34. The van der Waals surface area contributed by atoms with Crippen molar-refractivity contribution in [2.75, 3.05) is 13.2 Å². The Balaban J connectivity index is 1.31. The van der Waals surface area contributed by atoms with E-state index in [1.165, 1.54) is 0 Å².